The molecule has 0 aliphatic rings. The van der Waals surface area contributed by atoms with E-state index in [2.05, 4.69) is 15.3 Å². The Hall–Kier alpha value is -2.09. The predicted molar refractivity (Wildman–Crippen MR) is 69.0 cm³/mol. The fourth-order valence-corrected chi connectivity index (χ4v) is 2.20. The highest BCUT2D eigenvalue weighted by Crippen LogP contribution is 2.20. The van der Waals surface area contributed by atoms with E-state index in [0.29, 0.717) is 17.9 Å². The Kier molecular flexibility index (Phi) is 4.23. The van der Waals surface area contributed by atoms with Crippen LogP contribution in [0.2, 0.25) is 0 Å². The van der Waals surface area contributed by atoms with Gasteiger partial charge in [0.15, 0.2) is 0 Å². The van der Waals surface area contributed by atoms with Crippen LogP contribution in [0.1, 0.15) is 5.69 Å². The summed E-state index contributed by atoms with van der Waals surface area (Å²) in [7, 11) is -4.54. The maximum Gasteiger partial charge on any atom is 0.341 e. The number of sulfone groups is 1. The second-order valence-corrected chi connectivity index (χ2v) is 5.80. The van der Waals surface area contributed by atoms with Crippen LogP contribution in [0.15, 0.2) is 47.8 Å². The summed E-state index contributed by atoms with van der Waals surface area (Å²) < 4.78 is 47.2. The number of anilines is 1. The third-order valence-electron chi connectivity index (χ3n) is 2.51. The third kappa shape index (κ3) is 3.27. The lowest BCUT2D eigenvalue weighted by Crippen LogP contribution is -2.11. The molecule has 1 heterocycles. The summed E-state index contributed by atoms with van der Waals surface area (Å²) in [4.78, 5) is 7.55. The average Bonchev–Trinajstić information content (AvgIpc) is 2.46. The zero-order valence-corrected chi connectivity index (χ0v) is 11.0. The van der Waals surface area contributed by atoms with E-state index in [-0.39, 0.29) is 0 Å². The molecule has 20 heavy (non-hydrogen) atoms. The molecule has 0 saturated heterocycles. The van der Waals surface area contributed by atoms with Gasteiger partial charge in [0.25, 0.3) is 0 Å². The Labute approximate surface area is 114 Å². The molecule has 0 amide bonds. The summed E-state index contributed by atoms with van der Waals surface area (Å²) in [6.07, 6.45) is 4.69. The van der Waals surface area contributed by atoms with E-state index < -0.39 is 20.5 Å². The van der Waals surface area contributed by atoms with E-state index >= 15 is 0 Å². The maximum absolute atomic E-state index is 12.3. The van der Waals surface area contributed by atoms with E-state index in [4.69, 9.17) is 0 Å². The summed E-state index contributed by atoms with van der Waals surface area (Å²) >= 11 is 0. The molecule has 106 valence electrons. The Morgan fingerprint density at radius 2 is 1.85 bits per heavy atom. The lowest BCUT2D eigenvalue weighted by Gasteiger charge is -2.07. The number of hydrogen-bond donors (Lipinski definition) is 1. The molecule has 8 heteroatoms. The molecular weight excluding hydrogens is 288 g/mol. The molecule has 2 aromatic rings. The number of alkyl halides is 2. The van der Waals surface area contributed by atoms with Crippen LogP contribution in [-0.2, 0) is 16.4 Å². The quantitative estimate of drug-likeness (QED) is 0.915. The van der Waals surface area contributed by atoms with Gasteiger partial charge in [-0.1, -0.05) is 0 Å². The molecule has 0 saturated carbocycles. The lowest BCUT2D eigenvalue weighted by molar-refractivity contribution is 0.234. The highest BCUT2D eigenvalue weighted by Gasteiger charge is 2.26. The standard InChI is InChI=1S/C12H11F2N3O2S/c13-12(14)20(18,19)11-3-1-9(2-4-11)17-8-10-7-15-5-6-16-10/h1-7,12,17H,8H2. The second-order valence-electron chi connectivity index (χ2n) is 3.88. The van der Waals surface area contributed by atoms with Gasteiger partial charge in [-0.3, -0.25) is 9.97 Å². The molecule has 1 N–H and O–H groups in total. The highest BCUT2D eigenvalue weighted by molar-refractivity contribution is 7.91. The van der Waals surface area contributed by atoms with Crippen molar-refractivity contribution in [2.24, 2.45) is 0 Å². The van der Waals surface area contributed by atoms with Gasteiger partial charge in [0.05, 0.1) is 23.3 Å². The molecule has 2 rings (SSSR count). The lowest BCUT2D eigenvalue weighted by atomic mass is 10.3. The van der Waals surface area contributed by atoms with Gasteiger partial charge in [0.2, 0.25) is 9.84 Å². The van der Waals surface area contributed by atoms with E-state index in [1.165, 1.54) is 12.1 Å². The number of halogens is 2. The van der Waals surface area contributed by atoms with Crippen molar-refractivity contribution < 1.29 is 17.2 Å². The zero-order valence-electron chi connectivity index (χ0n) is 10.2. The van der Waals surface area contributed by atoms with Crippen LogP contribution in [0.5, 0.6) is 0 Å². The molecule has 5 nitrogen and oxygen atoms in total. The number of benzene rings is 1. The van der Waals surface area contributed by atoms with Crippen molar-refractivity contribution in [3.8, 4) is 0 Å². The van der Waals surface area contributed by atoms with E-state index in [0.717, 1.165) is 12.1 Å². The Balaban J connectivity index is 2.06. The minimum absolute atomic E-state index is 0.398. The maximum atomic E-state index is 12.3. The molecule has 0 atom stereocenters. The Morgan fingerprint density at radius 1 is 1.15 bits per heavy atom. The molecule has 1 aromatic heterocycles. The number of nitrogens with one attached hydrogen (secondary N) is 1. The second kappa shape index (κ2) is 5.91. The highest BCUT2D eigenvalue weighted by atomic mass is 32.2. The fourth-order valence-electron chi connectivity index (χ4n) is 1.48. The van der Waals surface area contributed by atoms with Crippen molar-refractivity contribution in [1.29, 1.82) is 0 Å². The first-order valence-corrected chi connectivity index (χ1v) is 7.15. The average molecular weight is 299 g/mol. The fraction of sp³-hybridized carbons (Fsp3) is 0.167. The first-order chi connectivity index (χ1) is 9.50. The first kappa shape index (κ1) is 14.3. The number of aromatic nitrogens is 2. The summed E-state index contributed by atoms with van der Waals surface area (Å²) in [6.45, 7) is 0.398. The summed E-state index contributed by atoms with van der Waals surface area (Å²) in [5.74, 6) is -3.42. The van der Waals surface area contributed by atoms with Crippen molar-refractivity contribution in [1.82, 2.24) is 9.97 Å². The molecule has 0 fully saturated rings. The topological polar surface area (TPSA) is 72.0 Å². The third-order valence-corrected chi connectivity index (χ3v) is 3.91. The molecule has 0 spiro atoms. The molecule has 0 aliphatic carbocycles. The van der Waals surface area contributed by atoms with Gasteiger partial charge in [-0.25, -0.2) is 8.42 Å². The van der Waals surface area contributed by atoms with Crippen LogP contribution in [0.25, 0.3) is 0 Å². The minimum Gasteiger partial charge on any atom is -0.379 e. The van der Waals surface area contributed by atoms with Gasteiger partial charge in [-0.15, -0.1) is 0 Å². The van der Waals surface area contributed by atoms with Crippen LogP contribution in [0.3, 0.4) is 0 Å². The van der Waals surface area contributed by atoms with Gasteiger partial charge in [-0.05, 0) is 24.3 Å². The van der Waals surface area contributed by atoms with Gasteiger partial charge in [-0.2, -0.15) is 8.78 Å². The largest absolute Gasteiger partial charge is 0.379 e. The molecule has 0 bridgehead atoms. The van der Waals surface area contributed by atoms with Crippen molar-refractivity contribution >= 4 is 15.5 Å². The van der Waals surface area contributed by atoms with Crippen LogP contribution in [-0.4, -0.2) is 24.1 Å². The molecule has 0 aliphatic heterocycles. The molecule has 1 aromatic carbocycles. The van der Waals surface area contributed by atoms with Crippen molar-refractivity contribution in [2.75, 3.05) is 5.32 Å². The predicted octanol–water partition coefficient (Wildman–Crippen LogP) is 2.08. The Morgan fingerprint density at radius 3 is 2.40 bits per heavy atom. The van der Waals surface area contributed by atoms with Crippen molar-refractivity contribution in [2.45, 2.75) is 17.2 Å². The number of hydrogen-bond acceptors (Lipinski definition) is 5. The van der Waals surface area contributed by atoms with Gasteiger partial charge < -0.3 is 5.32 Å². The summed E-state index contributed by atoms with van der Waals surface area (Å²) in [6, 6.07) is 5.12. The van der Waals surface area contributed by atoms with Crippen LogP contribution in [0.4, 0.5) is 14.5 Å². The molecule has 0 unspecified atom stereocenters. The van der Waals surface area contributed by atoms with Crippen molar-refractivity contribution in [3.63, 3.8) is 0 Å². The minimum atomic E-state index is -4.54. The van der Waals surface area contributed by atoms with Gasteiger partial charge in [0, 0.05) is 18.1 Å². The molecular formula is C12H11F2N3O2S. The zero-order chi connectivity index (χ0) is 14.6. The monoisotopic (exact) mass is 299 g/mol. The first-order valence-electron chi connectivity index (χ1n) is 5.61. The Bertz CT molecular complexity index is 661. The van der Waals surface area contributed by atoms with Crippen molar-refractivity contribution in [3.05, 3.63) is 48.5 Å². The summed E-state index contributed by atoms with van der Waals surface area (Å²) in [5.41, 5.74) is 1.31. The van der Waals surface area contributed by atoms with E-state index in [9.17, 15) is 17.2 Å². The number of rotatable bonds is 5. The molecule has 0 radical (unpaired) electrons. The van der Waals surface area contributed by atoms with Gasteiger partial charge in [0.1, 0.15) is 0 Å². The summed E-state index contributed by atoms with van der Waals surface area (Å²) in [5, 5.41) is 2.98. The van der Waals surface area contributed by atoms with E-state index in [1.807, 2.05) is 0 Å². The smallest absolute Gasteiger partial charge is 0.341 e. The van der Waals surface area contributed by atoms with Crippen LogP contribution < -0.4 is 5.32 Å². The van der Waals surface area contributed by atoms with Crippen LogP contribution >= 0.6 is 0 Å². The SMILES string of the molecule is O=S(=O)(c1ccc(NCc2cnccn2)cc1)C(F)F. The van der Waals surface area contributed by atoms with Crippen LogP contribution in [0, 0.1) is 0 Å². The number of nitrogens with zero attached hydrogens (tertiary/aromatic N) is 2. The van der Waals surface area contributed by atoms with E-state index in [1.54, 1.807) is 18.6 Å². The van der Waals surface area contributed by atoms with Gasteiger partial charge >= 0.3 is 5.76 Å². The normalized spacial score (nSPS) is 11.6.